The average molecular weight is 262 g/mol. The van der Waals surface area contributed by atoms with Crippen molar-refractivity contribution in [2.75, 3.05) is 7.11 Å². The van der Waals surface area contributed by atoms with Gasteiger partial charge in [0, 0.05) is 18.8 Å². The van der Waals surface area contributed by atoms with E-state index in [4.69, 9.17) is 10.6 Å². The lowest BCUT2D eigenvalue weighted by atomic mass is 10.1. The molecule has 1 unspecified atom stereocenters. The zero-order valence-electron chi connectivity index (χ0n) is 11.1. The summed E-state index contributed by atoms with van der Waals surface area (Å²) in [4.78, 5) is 8.43. The number of nitrogens with two attached hydrogens (primary N) is 1. The Morgan fingerprint density at radius 1 is 1.42 bits per heavy atom. The van der Waals surface area contributed by atoms with Crippen molar-refractivity contribution < 1.29 is 4.74 Å². The van der Waals surface area contributed by atoms with Crippen LogP contribution >= 0.6 is 0 Å². The second-order valence-corrected chi connectivity index (χ2v) is 4.07. The Morgan fingerprint density at radius 3 is 2.84 bits per heavy atom. The van der Waals surface area contributed by atoms with Crippen molar-refractivity contribution in [3.8, 4) is 5.88 Å². The standard InChI is InChI=1S/C12H18N6O/c1-3-18-12(15-8-16-18)10(17-13)6-9-4-5-11(19-2)14-7-9/h4-5,7-8,10,17H,3,6,13H2,1-2H3. The summed E-state index contributed by atoms with van der Waals surface area (Å²) in [6, 6.07) is 3.69. The van der Waals surface area contributed by atoms with Crippen LogP contribution in [0.2, 0.25) is 0 Å². The number of nitrogens with one attached hydrogen (secondary N) is 1. The van der Waals surface area contributed by atoms with Gasteiger partial charge in [-0.1, -0.05) is 6.07 Å². The van der Waals surface area contributed by atoms with Gasteiger partial charge in [0.15, 0.2) is 0 Å². The number of hydrogen-bond donors (Lipinski definition) is 2. The Labute approximate surface area is 111 Å². The molecule has 0 bridgehead atoms. The van der Waals surface area contributed by atoms with Gasteiger partial charge in [-0.15, -0.1) is 0 Å². The summed E-state index contributed by atoms with van der Waals surface area (Å²) in [5, 5.41) is 4.15. The minimum absolute atomic E-state index is 0.0994. The van der Waals surface area contributed by atoms with E-state index in [2.05, 4.69) is 20.5 Å². The van der Waals surface area contributed by atoms with Gasteiger partial charge in [0.1, 0.15) is 12.2 Å². The molecule has 7 heteroatoms. The first-order chi connectivity index (χ1) is 9.28. The van der Waals surface area contributed by atoms with Crippen molar-refractivity contribution in [1.29, 1.82) is 0 Å². The molecule has 0 aromatic carbocycles. The van der Waals surface area contributed by atoms with Crippen molar-refractivity contribution in [3.05, 3.63) is 36.0 Å². The number of hydrogen-bond acceptors (Lipinski definition) is 6. The Kier molecular flexibility index (Phi) is 4.43. The fourth-order valence-electron chi connectivity index (χ4n) is 1.90. The highest BCUT2D eigenvalue weighted by molar-refractivity contribution is 5.19. The summed E-state index contributed by atoms with van der Waals surface area (Å²) in [5.41, 5.74) is 3.82. The summed E-state index contributed by atoms with van der Waals surface area (Å²) >= 11 is 0. The molecule has 1 atom stereocenters. The van der Waals surface area contributed by atoms with Crippen molar-refractivity contribution >= 4 is 0 Å². The van der Waals surface area contributed by atoms with Gasteiger partial charge >= 0.3 is 0 Å². The lowest BCUT2D eigenvalue weighted by molar-refractivity contribution is 0.397. The number of methoxy groups -OCH3 is 1. The Hall–Kier alpha value is -1.99. The fraction of sp³-hybridized carbons (Fsp3) is 0.417. The number of ether oxygens (including phenoxy) is 1. The van der Waals surface area contributed by atoms with Crippen LogP contribution in [0.15, 0.2) is 24.7 Å². The van der Waals surface area contributed by atoms with E-state index in [0.29, 0.717) is 12.3 Å². The van der Waals surface area contributed by atoms with Crippen molar-refractivity contribution in [3.63, 3.8) is 0 Å². The maximum Gasteiger partial charge on any atom is 0.212 e. The van der Waals surface area contributed by atoms with E-state index in [1.807, 2.05) is 23.7 Å². The largest absolute Gasteiger partial charge is 0.481 e. The van der Waals surface area contributed by atoms with Crippen LogP contribution in [0.5, 0.6) is 5.88 Å². The molecular weight excluding hydrogens is 244 g/mol. The highest BCUT2D eigenvalue weighted by Crippen LogP contribution is 2.16. The molecule has 102 valence electrons. The van der Waals surface area contributed by atoms with Crippen LogP contribution in [-0.2, 0) is 13.0 Å². The number of hydrazine groups is 1. The van der Waals surface area contributed by atoms with Gasteiger partial charge in [0.2, 0.25) is 5.88 Å². The van der Waals surface area contributed by atoms with E-state index in [1.54, 1.807) is 13.3 Å². The minimum Gasteiger partial charge on any atom is -0.481 e. The van der Waals surface area contributed by atoms with Gasteiger partial charge in [0.25, 0.3) is 0 Å². The molecule has 2 aromatic heterocycles. The van der Waals surface area contributed by atoms with Crippen LogP contribution in [0.25, 0.3) is 0 Å². The molecule has 3 N–H and O–H groups in total. The van der Waals surface area contributed by atoms with E-state index < -0.39 is 0 Å². The second kappa shape index (κ2) is 6.26. The molecule has 0 fully saturated rings. The molecule has 0 aliphatic carbocycles. The maximum atomic E-state index is 5.62. The van der Waals surface area contributed by atoms with Crippen molar-refractivity contribution in [1.82, 2.24) is 25.2 Å². The van der Waals surface area contributed by atoms with E-state index >= 15 is 0 Å². The Bertz CT molecular complexity index is 509. The second-order valence-electron chi connectivity index (χ2n) is 4.07. The van der Waals surface area contributed by atoms with Crippen LogP contribution in [0.3, 0.4) is 0 Å². The average Bonchev–Trinajstić information content (AvgIpc) is 2.93. The molecule has 0 amide bonds. The van der Waals surface area contributed by atoms with Crippen LogP contribution in [0, 0.1) is 0 Å². The number of aromatic nitrogens is 4. The molecule has 2 rings (SSSR count). The SMILES string of the molecule is CCn1ncnc1C(Cc1ccc(OC)nc1)NN. The van der Waals surface area contributed by atoms with Crippen LogP contribution in [-0.4, -0.2) is 26.9 Å². The number of nitrogens with zero attached hydrogens (tertiary/aromatic N) is 4. The first-order valence-electron chi connectivity index (χ1n) is 6.11. The van der Waals surface area contributed by atoms with Crippen molar-refractivity contribution in [2.24, 2.45) is 5.84 Å². The van der Waals surface area contributed by atoms with Crippen molar-refractivity contribution in [2.45, 2.75) is 25.9 Å². The quantitative estimate of drug-likeness (QED) is 0.580. The van der Waals surface area contributed by atoms with E-state index in [-0.39, 0.29) is 6.04 Å². The summed E-state index contributed by atoms with van der Waals surface area (Å²) in [6.07, 6.45) is 4.00. The molecule has 0 spiro atoms. The first-order valence-corrected chi connectivity index (χ1v) is 6.11. The molecule has 0 saturated carbocycles. The van der Waals surface area contributed by atoms with E-state index in [1.165, 1.54) is 6.33 Å². The third kappa shape index (κ3) is 3.07. The summed E-state index contributed by atoms with van der Waals surface area (Å²) in [5.74, 6) is 7.03. The normalized spacial score (nSPS) is 12.4. The van der Waals surface area contributed by atoms with Gasteiger partial charge < -0.3 is 4.74 Å². The number of aryl methyl sites for hydroxylation is 1. The van der Waals surface area contributed by atoms with Gasteiger partial charge in [-0.2, -0.15) is 5.10 Å². The molecular formula is C12H18N6O. The first kappa shape index (κ1) is 13.4. The van der Waals surface area contributed by atoms with E-state index in [9.17, 15) is 0 Å². The predicted molar refractivity (Wildman–Crippen MR) is 70.3 cm³/mol. The molecule has 2 heterocycles. The Morgan fingerprint density at radius 2 is 2.26 bits per heavy atom. The van der Waals surface area contributed by atoms with Gasteiger partial charge in [-0.05, 0) is 18.9 Å². The van der Waals surface area contributed by atoms with E-state index in [0.717, 1.165) is 17.9 Å². The lowest BCUT2D eigenvalue weighted by Gasteiger charge is -2.15. The molecule has 7 nitrogen and oxygen atoms in total. The van der Waals surface area contributed by atoms with Crippen LogP contribution in [0.1, 0.15) is 24.4 Å². The predicted octanol–water partition coefficient (Wildman–Crippen LogP) is 0.449. The highest BCUT2D eigenvalue weighted by Gasteiger charge is 2.16. The Balaban J connectivity index is 2.14. The summed E-state index contributed by atoms with van der Waals surface area (Å²) < 4.78 is 6.85. The topological polar surface area (TPSA) is 90.9 Å². The molecule has 19 heavy (non-hydrogen) atoms. The smallest absolute Gasteiger partial charge is 0.212 e. The number of rotatable bonds is 6. The lowest BCUT2D eigenvalue weighted by Crippen LogP contribution is -2.32. The molecule has 0 saturated heterocycles. The zero-order valence-corrected chi connectivity index (χ0v) is 11.1. The monoisotopic (exact) mass is 262 g/mol. The fourth-order valence-corrected chi connectivity index (χ4v) is 1.90. The minimum atomic E-state index is -0.0994. The van der Waals surface area contributed by atoms with Crippen LogP contribution in [0.4, 0.5) is 0 Å². The molecule has 0 radical (unpaired) electrons. The number of pyridine rings is 1. The van der Waals surface area contributed by atoms with Gasteiger partial charge in [-0.25, -0.2) is 20.1 Å². The van der Waals surface area contributed by atoms with Gasteiger partial charge in [0.05, 0.1) is 13.2 Å². The molecule has 0 aliphatic rings. The molecule has 0 aliphatic heterocycles. The van der Waals surface area contributed by atoms with Gasteiger partial charge in [-0.3, -0.25) is 5.84 Å². The van der Waals surface area contributed by atoms with Crippen LogP contribution < -0.4 is 16.0 Å². The zero-order chi connectivity index (χ0) is 13.7. The molecule has 2 aromatic rings. The summed E-state index contributed by atoms with van der Waals surface area (Å²) in [7, 11) is 1.59. The maximum absolute atomic E-state index is 5.62. The summed E-state index contributed by atoms with van der Waals surface area (Å²) in [6.45, 7) is 2.77. The highest BCUT2D eigenvalue weighted by atomic mass is 16.5. The third-order valence-corrected chi connectivity index (χ3v) is 2.90. The third-order valence-electron chi connectivity index (χ3n) is 2.90.